The van der Waals surface area contributed by atoms with Crippen LogP contribution in [0, 0.1) is 31.1 Å². The zero-order valence-corrected chi connectivity index (χ0v) is 12.5. The molecule has 1 aromatic heterocycles. The van der Waals surface area contributed by atoms with Crippen molar-refractivity contribution in [2.75, 3.05) is 11.4 Å². The third-order valence-corrected chi connectivity index (χ3v) is 4.97. The van der Waals surface area contributed by atoms with Crippen molar-refractivity contribution in [2.45, 2.75) is 58.4 Å². The first-order valence-electron chi connectivity index (χ1n) is 7.85. The van der Waals surface area contributed by atoms with Crippen LogP contribution in [0.3, 0.4) is 0 Å². The number of nitrogens with zero attached hydrogens (tertiary/aromatic N) is 3. The SMILES string of the molecule is Cc1cc(N2CCC[C@H]3CCCC[C@H]32)c(C#N)c(C)n1. The highest BCUT2D eigenvalue weighted by atomic mass is 15.2. The van der Waals surface area contributed by atoms with Gasteiger partial charge in [-0.2, -0.15) is 5.26 Å². The second-order valence-corrected chi connectivity index (χ2v) is 6.30. The molecule has 1 saturated heterocycles. The fraction of sp³-hybridized carbons (Fsp3) is 0.647. The minimum Gasteiger partial charge on any atom is -0.367 e. The molecule has 3 heteroatoms. The zero-order valence-electron chi connectivity index (χ0n) is 12.5. The predicted molar refractivity (Wildman–Crippen MR) is 80.8 cm³/mol. The van der Waals surface area contributed by atoms with Crippen LogP contribution in [0.2, 0.25) is 0 Å². The van der Waals surface area contributed by atoms with E-state index in [-0.39, 0.29) is 0 Å². The molecule has 3 rings (SSSR count). The number of piperidine rings is 1. The first-order chi connectivity index (χ1) is 9.70. The monoisotopic (exact) mass is 269 g/mol. The Bertz CT molecular complexity index is 542. The zero-order chi connectivity index (χ0) is 14.1. The fourth-order valence-corrected chi connectivity index (χ4v) is 4.10. The van der Waals surface area contributed by atoms with Crippen molar-refractivity contribution >= 4 is 5.69 Å². The van der Waals surface area contributed by atoms with Gasteiger partial charge in [-0.05, 0) is 51.5 Å². The number of hydrogen-bond donors (Lipinski definition) is 0. The van der Waals surface area contributed by atoms with E-state index in [1.54, 1.807) is 0 Å². The van der Waals surface area contributed by atoms with Gasteiger partial charge in [-0.1, -0.05) is 12.8 Å². The van der Waals surface area contributed by atoms with Crippen LogP contribution in [0.25, 0.3) is 0 Å². The first-order valence-corrected chi connectivity index (χ1v) is 7.85. The lowest BCUT2D eigenvalue weighted by atomic mass is 9.78. The average Bonchev–Trinajstić information content (AvgIpc) is 2.46. The van der Waals surface area contributed by atoms with Crippen molar-refractivity contribution in [2.24, 2.45) is 5.92 Å². The van der Waals surface area contributed by atoms with Gasteiger partial charge in [-0.25, -0.2) is 0 Å². The summed E-state index contributed by atoms with van der Waals surface area (Å²) < 4.78 is 0. The molecule has 1 aliphatic heterocycles. The summed E-state index contributed by atoms with van der Waals surface area (Å²) in [4.78, 5) is 6.98. The van der Waals surface area contributed by atoms with E-state index in [4.69, 9.17) is 0 Å². The summed E-state index contributed by atoms with van der Waals surface area (Å²) in [7, 11) is 0. The molecule has 2 fully saturated rings. The van der Waals surface area contributed by atoms with Crippen molar-refractivity contribution in [3.05, 3.63) is 23.0 Å². The summed E-state index contributed by atoms with van der Waals surface area (Å²) >= 11 is 0. The van der Waals surface area contributed by atoms with Crippen LogP contribution in [0.5, 0.6) is 0 Å². The second kappa shape index (κ2) is 5.44. The number of aryl methyl sites for hydroxylation is 2. The highest BCUT2D eigenvalue weighted by molar-refractivity contribution is 5.62. The van der Waals surface area contributed by atoms with Gasteiger partial charge >= 0.3 is 0 Å². The number of anilines is 1. The Morgan fingerprint density at radius 1 is 1.20 bits per heavy atom. The van der Waals surface area contributed by atoms with Crippen molar-refractivity contribution in [3.8, 4) is 6.07 Å². The van der Waals surface area contributed by atoms with Crippen LogP contribution >= 0.6 is 0 Å². The Kier molecular flexibility index (Phi) is 3.65. The van der Waals surface area contributed by atoms with Crippen molar-refractivity contribution in [1.82, 2.24) is 4.98 Å². The third kappa shape index (κ3) is 2.28. The van der Waals surface area contributed by atoms with Gasteiger partial charge in [0, 0.05) is 18.3 Å². The van der Waals surface area contributed by atoms with E-state index >= 15 is 0 Å². The molecular weight excluding hydrogens is 246 g/mol. The van der Waals surface area contributed by atoms with E-state index in [0.717, 1.165) is 35.1 Å². The molecule has 2 heterocycles. The quantitative estimate of drug-likeness (QED) is 0.780. The molecule has 20 heavy (non-hydrogen) atoms. The van der Waals surface area contributed by atoms with Gasteiger partial charge < -0.3 is 4.90 Å². The summed E-state index contributed by atoms with van der Waals surface area (Å²) in [5.41, 5.74) is 3.81. The van der Waals surface area contributed by atoms with Crippen molar-refractivity contribution < 1.29 is 0 Å². The van der Waals surface area contributed by atoms with Gasteiger partial charge in [-0.15, -0.1) is 0 Å². The maximum absolute atomic E-state index is 9.50. The minimum atomic E-state index is 0.644. The van der Waals surface area contributed by atoms with E-state index in [9.17, 15) is 5.26 Å². The highest BCUT2D eigenvalue weighted by Gasteiger charge is 2.34. The standard InChI is InChI=1S/C17H23N3/c1-12-10-17(15(11-18)13(2)19-12)20-9-5-7-14-6-3-4-8-16(14)20/h10,14,16H,3-9H2,1-2H3/t14-,16-/m1/s1. The average molecular weight is 269 g/mol. The predicted octanol–water partition coefficient (Wildman–Crippen LogP) is 3.73. The van der Waals surface area contributed by atoms with E-state index in [1.165, 1.54) is 38.5 Å². The van der Waals surface area contributed by atoms with Crippen LogP contribution in [-0.2, 0) is 0 Å². The molecule has 0 radical (unpaired) electrons. The molecule has 106 valence electrons. The molecule has 0 N–H and O–H groups in total. The van der Waals surface area contributed by atoms with Gasteiger partial charge in [0.15, 0.2) is 0 Å². The number of aromatic nitrogens is 1. The molecule has 0 bridgehead atoms. The number of rotatable bonds is 1. The summed E-state index contributed by atoms with van der Waals surface area (Å²) in [5.74, 6) is 0.831. The maximum Gasteiger partial charge on any atom is 0.103 e. The lowest BCUT2D eigenvalue weighted by Crippen LogP contribution is -2.47. The smallest absolute Gasteiger partial charge is 0.103 e. The Balaban J connectivity index is 2.01. The van der Waals surface area contributed by atoms with Crippen LogP contribution in [0.1, 0.15) is 55.5 Å². The largest absolute Gasteiger partial charge is 0.367 e. The molecule has 0 spiro atoms. The topological polar surface area (TPSA) is 39.9 Å². The third-order valence-electron chi connectivity index (χ3n) is 4.97. The molecule has 0 aromatic carbocycles. The van der Waals surface area contributed by atoms with Crippen LogP contribution in [0.4, 0.5) is 5.69 Å². The maximum atomic E-state index is 9.50. The molecule has 0 unspecified atom stereocenters. The summed E-state index contributed by atoms with van der Waals surface area (Å²) in [6.45, 7) is 5.08. The Morgan fingerprint density at radius 2 is 1.95 bits per heavy atom. The van der Waals surface area contributed by atoms with Crippen molar-refractivity contribution in [3.63, 3.8) is 0 Å². The van der Waals surface area contributed by atoms with Gasteiger partial charge in [0.05, 0.1) is 16.9 Å². The normalized spacial score (nSPS) is 25.9. The molecule has 3 nitrogen and oxygen atoms in total. The molecule has 1 aromatic rings. The number of nitriles is 1. The van der Waals surface area contributed by atoms with Gasteiger partial charge in [0.1, 0.15) is 6.07 Å². The summed E-state index contributed by atoms with van der Waals surface area (Å²) in [6.07, 6.45) is 8.00. The van der Waals surface area contributed by atoms with E-state index in [1.807, 2.05) is 13.8 Å². The molecule has 2 atom stereocenters. The Morgan fingerprint density at radius 3 is 2.75 bits per heavy atom. The molecule has 0 amide bonds. The second-order valence-electron chi connectivity index (χ2n) is 6.30. The van der Waals surface area contributed by atoms with Gasteiger partial charge in [0.2, 0.25) is 0 Å². The van der Waals surface area contributed by atoms with Crippen LogP contribution in [-0.4, -0.2) is 17.6 Å². The lowest BCUT2D eigenvalue weighted by Gasteiger charge is -2.45. The summed E-state index contributed by atoms with van der Waals surface area (Å²) in [5, 5.41) is 9.50. The summed E-state index contributed by atoms with van der Waals surface area (Å²) in [6, 6.07) is 5.14. The Labute approximate surface area is 121 Å². The minimum absolute atomic E-state index is 0.644. The molecule has 1 aliphatic carbocycles. The van der Waals surface area contributed by atoms with Gasteiger partial charge in [0.25, 0.3) is 0 Å². The van der Waals surface area contributed by atoms with Gasteiger partial charge in [-0.3, -0.25) is 4.98 Å². The van der Waals surface area contributed by atoms with E-state index < -0.39 is 0 Å². The van der Waals surface area contributed by atoms with E-state index in [0.29, 0.717) is 6.04 Å². The molecule has 1 saturated carbocycles. The first kappa shape index (κ1) is 13.4. The van der Waals surface area contributed by atoms with Crippen LogP contribution in [0.15, 0.2) is 6.07 Å². The van der Waals surface area contributed by atoms with Crippen LogP contribution < -0.4 is 4.90 Å². The Hall–Kier alpha value is -1.56. The van der Waals surface area contributed by atoms with Crippen molar-refractivity contribution in [1.29, 1.82) is 5.26 Å². The lowest BCUT2D eigenvalue weighted by molar-refractivity contribution is 0.243. The number of pyridine rings is 1. The molecular formula is C17H23N3. The number of hydrogen-bond acceptors (Lipinski definition) is 3. The molecule has 2 aliphatic rings. The number of fused-ring (bicyclic) bond motifs is 1. The highest BCUT2D eigenvalue weighted by Crippen LogP contribution is 2.39. The van der Waals surface area contributed by atoms with E-state index in [2.05, 4.69) is 22.0 Å². The fourth-order valence-electron chi connectivity index (χ4n) is 4.10.